The molecule has 5 rings (SSSR count). The average molecular weight is 318 g/mol. The summed E-state index contributed by atoms with van der Waals surface area (Å²) >= 11 is 0. The Kier molecular flexibility index (Phi) is 3.13. The van der Waals surface area contributed by atoms with Crippen LogP contribution in [0.4, 0.5) is 0 Å². The van der Waals surface area contributed by atoms with Crippen LogP contribution in [0.3, 0.4) is 0 Å². The van der Waals surface area contributed by atoms with Crippen molar-refractivity contribution in [3.05, 3.63) is 48.4 Å². The zero-order chi connectivity index (χ0) is 15.9. The van der Waals surface area contributed by atoms with Gasteiger partial charge in [-0.2, -0.15) is 0 Å². The van der Waals surface area contributed by atoms with Gasteiger partial charge in [-0.1, -0.05) is 0 Å². The van der Waals surface area contributed by atoms with E-state index in [4.69, 9.17) is 9.40 Å². The van der Waals surface area contributed by atoms with Gasteiger partial charge in [-0.3, -0.25) is 4.98 Å². The second kappa shape index (κ2) is 5.46. The number of pyridine rings is 1. The lowest BCUT2D eigenvalue weighted by Gasteiger charge is -2.22. The van der Waals surface area contributed by atoms with Crippen LogP contribution in [-0.4, -0.2) is 28.0 Å². The normalized spacial score (nSPS) is 16.2. The summed E-state index contributed by atoms with van der Waals surface area (Å²) in [5.41, 5.74) is 5.17. The quantitative estimate of drug-likeness (QED) is 0.589. The summed E-state index contributed by atoms with van der Waals surface area (Å²) in [4.78, 5) is 12.4. The summed E-state index contributed by atoms with van der Waals surface area (Å²) < 4.78 is 6.00. The maximum Gasteiger partial charge on any atom is 0.228 e. The number of benzene rings is 1. The molecule has 2 N–H and O–H groups in total. The SMILES string of the molecule is c1cncc(-c2nc3c(ccc4[nH]cc(C5CCNCC5)c43)o2)c1. The first kappa shape index (κ1) is 13.7. The fourth-order valence-corrected chi connectivity index (χ4v) is 3.70. The van der Waals surface area contributed by atoms with Crippen LogP contribution in [-0.2, 0) is 0 Å². The maximum atomic E-state index is 6.00. The third-order valence-corrected chi connectivity index (χ3v) is 4.92. The number of H-pyrrole nitrogens is 1. The Bertz CT molecular complexity index is 996. The first-order chi connectivity index (χ1) is 11.9. The molecule has 0 radical (unpaired) electrons. The number of aromatic nitrogens is 3. The van der Waals surface area contributed by atoms with Gasteiger partial charge in [-0.25, -0.2) is 4.98 Å². The molecule has 5 nitrogen and oxygen atoms in total. The zero-order valence-corrected chi connectivity index (χ0v) is 13.2. The molecule has 0 aliphatic carbocycles. The van der Waals surface area contributed by atoms with Crippen molar-refractivity contribution in [1.82, 2.24) is 20.3 Å². The van der Waals surface area contributed by atoms with Gasteiger partial charge in [0.1, 0.15) is 5.52 Å². The number of piperidine rings is 1. The van der Waals surface area contributed by atoms with E-state index >= 15 is 0 Å². The van der Waals surface area contributed by atoms with Gasteiger partial charge in [0.15, 0.2) is 5.58 Å². The smallest absolute Gasteiger partial charge is 0.228 e. The van der Waals surface area contributed by atoms with Crippen molar-refractivity contribution in [3.8, 4) is 11.5 Å². The van der Waals surface area contributed by atoms with E-state index in [1.807, 2.05) is 18.2 Å². The molecule has 1 saturated heterocycles. The Morgan fingerprint density at radius 1 is 1.12 bits per heavy atom. The van der Waals surface area contributed by atoms with Gasteiger partial charge < -0.3 is 14.7 Å². The predicted molar refractivity (Wildman–Crippen MR) is 93.9 cm³/mol. The second-order valence-corrected chi connectivity index (χ2v) is 6.36. The van der Waals surface area contributed by atoms with Crippen LogP contribution >= 0.6 is 0 Å². The van der Waals surface area contributed by atoms with E-state index in [1.54, 1.807) is 12.4 Å². The maximum absolute atomic E-state index is 6.00. The molecule has 0 amide bonds. The fourth-order valence-electron chi connectivity index (χ4n) is 3.70. The second-order valence-electron chi connectivity index (χ2n) is 6.36. The number of hydrogen-bond acceptors (Lipinski definition) is 4. The molecule has 0 saturated carbocycles. The molecule has 1 fully saturated rings. The van der Waals surface area contributed by atoms with Crippen molar-refractivity contribution >= 4 is 22.0 Å². The summed E-state index contributed by atoms with van der Waals surface area (Å²) in [5.74, 6) is 1.20. The van der Waals surface area contributed by atoms with E-state index < -0.39 is 0 Å². The van der Waals surface area contributed by atoms with Gasteiger partial charge >= 0.3 is 0 Å². The minimum absolute atomic E-state index is 0.573. The van der Waals surface area contributed by atoms with Crippen LogP contribution in [0.2, 0.25) is 0 Å². The summed E-state index contributed by atoms with van der Waals surface area (Å²) in [6, 6.07) is 7.95. The highest BCUT2D eigenvalue weighted by Gasteiger charge is 2.21. The standard InChI is InChI=1S/C19H18N4O/c1-2-13(10-21-7-1)19-23-18-16(24-19)4-3-15-17(18)14(11-22-15)12-5-8-20-9-6-12/h1-4,7,10-12,20,22H,5-6,8-9H2. The number of oxazole rings is 1. The number of rotatable bonds is 2. The number of nitrogens with zero attached hydrogens (tertiary/aromatic N) is 2. The van der Waals surface area contributed by atoms with Crippen molar-refractivity contribution in [2.24, 2.45) is 0 Å². The van der Waals surface area contributed by atoms with Crippen molar-refractivity contribution < 1.29 is 4.42 Å². The Balaban J connectivity index is 1.71. The molecule has 0 unspecified atom stereocenters. The molecule has 4 aromatic rings. The molecule has 3 aromatic heterocycles. The lowest BCUT2D eigenvalue weighted by molar-refractivity contribution is 0.462. The van der Waals surface area contributed by atoms with Gasteiger partial charge in [0.05, 0.1) is 5.56 Å². The molecule has 24 heavy (non-hydrogen) atoms. The lowest BCUT2D eigenvalue weighted by Crippen LogP contribution is -2.26. The van der Waals surface area contributed by atoms with Crippen LogP contribution < -0.4 is 5.32 Å². The Morgan fingerprint density at radius 3 is 2.88 bits per heavy atom. The van der Waals surface area contributed by atoms with Crippen molar-refractivity contribution in [1.29, 1.82) is 0 Å². The number of fused-ring (bicyclic) bond motifs is 3. The fraction of sp³-hybridized carbons (Fsp3) is 0.263. The topological polar surface area (TPSA) is 66.7 Å². The molecular weight excluding hydrogens is 300 g/mol. The largest absolute Gasteiger partial charge is 0.436 e. The summed E-state index contributed by atoms with van der Waals surface area (Å²) in [7, 11) is 0. The van der Waals surface area contributed by atoms with Crippen molar-refractivity contribution in [2.45, 2.75) is 18.8 Å². The van der Waals surface area contributed by atoms with Crippen LogP contribution in [0.1, 0.15) is 24.3 Å². The Morgan fingerprint density at radius 2 is 2.04 bits per heavy atom. The molecule has 0 atom stereocenters. The highest BCUT2D eigenvalue weighted by Crippen LogP contribution is 2.36. The van der Waals surface area contributed by atoms with E-state index in [1.165, 1.54) is 10.9 Å². The average Bonchev–Trinajstić information content (AvgIpc) is 3.27. The van der Waals surface area contributed by atoms with Gasteiger partial charge in [-0.05, 0) is 61.7 Å². The Hall–Kier alpha value is -2.66. The Labute approximate surface area is 139 Å². The summed E-state index contributed by atoms with van der Waals surface area (Å²) in [6.07, 6.45) is 8.02. The molecule has 1 aliphatic heterocycles. The van der Waals surface area contributed by atoms with Gasteiger partial charge in [-0.15, -0.1) is 0 Å². The van der Waals surface area contributed by atoms with Gasteiger partial charge in [0.2, 0.25) is 5.89 Å². The zero-order valence-electron chi connectivity index (χ0n) is 13.2. The highest BCUT2D eigenvalue weighted by atomic mass is 16.3. The number of nitrogens with one attached hydrogen (secondary N) is 2. The third-order valence-electron chi connectivity index (χ3n) is 4.92. The molecule has 0 spiro atoms. The van der Waals surface area contributed by atoms with Gasteiger partial charge in [0.25, 0.3) is 0 Å². The van der Waals surface area contributed by atoms with Crippen LogP contribution in [0.25, 0.3) is 33.5 Å². The number of aromatic amines is 1. The predicted octanol–water partition coefficient (Wildman–Crippen LogP) is 3.84. The van der Waals surface area contributed by atoms with Crippen molar-refractivity contribution in [3.63, 3.8) is 0 Å². The van der Waals surface area contributed by atoms with E-state index in [2.05, 4.69) is 27.5 Å². The lowest BCUT2D eigenvalue weighted by atomic mass is 9.90. The van der Waals surface area contributed by atoms with Crippen LogP contribution in [0.15, 0.2) is 47.3 Å². The molecule has 5 heteroatoms. The minimum Gasteiger partial charge on any atom is -0.436 e. The molecule has 4 heterocycles. The highest BCUT2D eigenvalue weighted by molar-refractivity contribution is 6.05. The van der Waals surface area contributed by atoms with E-state index in [-0.39, 0.29) is 0 Å². The first-order valence-electron chi connectivity index (χ1n) is 8.42. The molecule has 120 valence electrons. The minimum atomic E-state index is 0.573. The van der Waals surface area contributed by atoms with E-state index in [0.717, 1.165) is 48.1 Å². The molecular formula is C19H18N4O. The number of hydrogen-bond donors (Lipinski definition) is 2. The monoisotopic (exact) mass is 318 g/mol. The van der Waals surface area contributed by atoms with Crippen LogP contribution in [0, 0.1) is 0 Å². The summed E-state index contributed by atoms with van der Waals surface area (Å²) in [6.45, 7) is 2.15. The molecule has 1 aliphatic rings. The van der Waals surface area contributed by atoms with E-state index in [0.29, 0.717) is 11.8 Å². The van der Waals surface area contributed by atoms with Crippen LogP contribution in [0.5, 0.6) is 0 Å². The van der Waals surface area contributed by atoms with E-state index in [9.17, 15) is 0 Å². The van der Waals surface area contributed by atoms with Gasteiger partial charge in [0, 0.05) is 29.5 Å². The summed E-state index contributed by atoms with van der Waals surface area (Å²) in [5, 5.41) is 4.64. The third kappa shape index (κ3) is 2.12. The first-order valence-corrected chi connectivity index (χ1v) is 8.42. The molecule has 1 aromatic carbocycles. The van der Waals surface area contributed by atoms with Crippen molar-refractivity contribution in [2.75, 3.05) is 13.1 Å². The molecule has 0 bridgehead atoms.